The lowest BCUT2D eigenvalue weighted by atomic mass is 9.47. The Kier molecular flexibility index (Phi) is 15.2. The summed E-state index contributed by atoms with van der Waals surface area (Å²) in [6, 6.07) is 0. The molecule has 0 radical (unpaired) electrons. The predicted molar refractivity (Wildman–Crippen MR) is 183 cm³/mol. The molecule has 0 heterocycles. The van der Waals surface area contributed by atoms with E-state index in [0.29, 0.717) is 18.6 Å². The van der Waals surface area contributed by atoms with E-state index >= 15 is 0 Å². The third-order valence-corrected chi connectivity index (χ3v) is 12.2. The van der Waals surface area contributed by atoms with Gasteiger partial charge in [-0.1, -0.05) is 72.5 Å². The van der Waals surface area contributed by atoms with Crippen LogP contribution in [-0.4, -0.2) is 56.1 Å². The van der Waals surface area contributed by atoms with Crippen molar-refractivity contribution in [3.8, 4) is 0 Å². The van der Waals surface area contributed by atoms with Gasteiger partial charge >= 0.3 is 6.16 Å². The van der Waals surface area contributed by atoms with Crippen molar-refractivity contribution in [1.29, 1.82) is 0 Å². The van der Waals surface area contributed by atoms with E-state index in [4.69, 9.17) is 19.4 Å². The molecule has 0 aromatic heterocycles. The largest absolute Gasteiger partial charge is 0.508 e. The first-order chi connectivity index (χ1) is 21.4. The van der Waals surface area contributed by atoms with Crippen molar-refractivity contribution in [3.05, 3.63) is 11.6 Å². The fourth-order valence-corrected chi connectivity index (χ4v) is 9.93. The van der Waals surface area contributed by atoms with Gasteiger partial charge in [0.1, 0.15) is 12.7 Å². The molecule has 0 saturated heterocycles. The van der Waals surface area contributed by atoms with Crippen molar-refractivity contribution in [2.75, 3.05) is 32.8 Å². The zero-order valence-corrected chi connectivity index (χ0v) is 29.9. The van der Waals surface area contributed by atoms with Gasteiger partial charge in [0.25, 0.3) is 5.97 Å². The summed E-state index contributed by atoms with van der Waals surface area (Å²) in [5, 5.41) is 14.1. The number of rotatable bonds is 15. The van der Waals surface area contributed by atoms with Crippen LogP contribution in [0.25, 0.3) is 0 Å². The molecule has 0 aromatic carbocycles. The third-order valence-electron chi connectivity index (χ3n) is 12.2. The molecule has 3 N–H and O–H groups in total. The highest BCUT2D eigenvalue weighted by molar-refractivity contribution is 5.63. The number of carbonyl (C=O) groups is 2. The Balaban J connectivity index is 0.00000130. The fraction of sp³-hybridized carbons (Fsp3) is 0.895. The van der Waals surface area contributed by atoms with Crippen molar-refractivity contribution in [2.24, 2.45) is 46.3 Å². The minimum absolute atomic E-state index is 0.0335. The van der Waals surface area contributed by atoms with Gasteiger partial charge in [0.15, 0.2) is 0 Å². The Labute approximate surface area is 275 Å². The maximum absolute atomic E-state index is 12.4. The van der Waals surface area contributed by atoms with Crippen LogP contribution in [0.5, 0.6) is 0 Å². The number of hydrogen-bond donors (Lipinski definition) is 3. The summed E-state index contributed by atoms with van der Waals surface area (Å²) in [5.41, 5.74) is 2.39. The number of nitrogens with one attached hydrogen (secondary N) is 2. The standard InChI is InChI=1S/C36H64N2O3.C2H4O2/c1-7-37-21-8-9-22-38-23-24-40-34(39)41-29-17-19-35(5)28(25-29)13-14-30-32-16-15-31(27(4)12-10-11-26(2)3)36(32,6)20-18-33(30)35;1-2(3)4/h13,26-27,29-33,37-38H,7-12,14-25H2,1-6H3;1H3,(H,3,4)/t27-,29?,30?,31-,32?,33?,35+,36-;/m1./s1. The highest BCUT2D eigenvalue weighted by Gasteiger charge is 2.59. The number of unbranched alkanes of at least 4 members (excludes halogenated alkanes) is 1. The molecule has 3 fully saturated rings. The molecule has 7 nitrogen and oxygen atoms in total. The van der Waals surface area contributed by atoms with Crippen LogP contribution in [0.4, 0.5) is 4.79 Å². The lowest BCUT2D eigenvalue weighted by Gasteiger charge is -2.58. The van der Waals surface area contributed by atoms with Crippen molar-refractivity contribution in [1.82, 2.24) is 10.6 Å². The van der Waals surface area contributed by atoms with Crippen LogP contribution in [0.3, 0.4) is 0 Å². The minimum atomic E-state index is -0.833. The van der Waals surface area contributed by atoms with Gasteiger partial charge in [0.05, 0.1) is 0 Å². The number of hydrogen-bond acceptors (Lipinski definition) is 6. The van der Waals surface area contributed by atoms with Crippen LogP contribution in [0.15, 0.2) is 11.6 Å². The van der Waals surface area contributed by atoms with Crippen LogP contribution < -0.4 is 10.6 Å². The van der Waals surface area contributed by atoms with Crippen molar-refractivity contribution < 1.29 is 24.2 Å². The van der Waals surface area contributed by atoms with E-state index in [1.807, 2.05) is 0 Å². The Morgan fingerprint density at radius 3 is 2.36 bits per heavy atom. The highest BCUT2D eigenvalue weighted by atomic mass is 16.7. The van der Waals surface area contributed by atoms with E-state index in [0.717, 1.165) is 87.7 Å². The molecule has 4 aliphatic carbocycles. The molecule has 3 saturated carbocycles. The van der Waals surface area contributed by atoms with E-state index in [1.54, 1.807) is 5.57 Å². The van der Waals surface area contributed by atoms with Gasteiger partial charge in [0.2, 0.25) is 0 Å². The number of ether oxygens (including phenoxy) is 2. The molecule has 0 amide bonds. The number of aliphatic carboxylic acids is 1. The van der Waals surface area contributed by atoms with Crippen molar-refractivity contribution in [2.45, 2.75) is 138 Å². The molecule has 45 heavy (non-hydrogen) atoms. The van der Waals surface area contributed by atoms with Gasteiger partial charge in [0, 0.05) is 19.9 Å². The predicted octanol–water partition coefficient (Wildman–Crippen LogP) is 8.62. The number of allylic oxidation sites excluding steroid dienone is 1. The topological polar surface area (TPSA) is 96.9 Å². The lowest BCUT2D eigenvalue weighted by Crippen LogP contribution is -2.51. The second kappa shape index (κ2) is 18.1. The number of carbonyl (C=O) groups excluding carboxylic acids is 1. The molecule has 0 aliphatic heterocycles. The SMILES string of the molecule is CC(=O)O.CCNCCCCNCCOC(=O)OC1CC[C@@]2(C)C(=CCC3C2CC[C@@]2(C)C3CC[C@@H]2[C@H](C)CCCC(C)C)C1. The smallest absolute Gasteiger partial charge is 0.481 e. The van der Waals surface area contributed by atoms with E-state index in [1.165, 1.54) is 57.8 Å². The van der Waals surface area contributed by atoms with Gasteiger partial charge in [-0.3, -0.25) is 4.79 Å². The normalized spacial score (nSPS) is 32.7. The molecule has 260 valence electrons. The number of fused-ring (bicyclic) bond motifs is 5. The van der Waals surface area contributed by atoms with Crippen LogP contribution in [0, 0.1) is 46.3 Å². The summed E-state index contributed by atoms with van der Waals surface area (Å²) in [6.45, 7) is 19.9. The summed E-state index contributed by atoms with van der Waals surface area (Å²) < 4.78 is 11.2. The van der Waals surface area contributed by atoms with Crippen LogP contribution in [0.1, 0.15) is 132 Å². The monoisotopic (exact) mass is 633 g/mol. The zero-order valence-electron chi connectivity index (χ0n) is 29.9. The Morgan fingerprint density at radius 1 is 0.956 bits per heavy atom. The average Bonchev–Trinajstić information content (AvgIpc) is 3.33. The first-order valence-corrected chi connectivity index (χ1v) is 18.6. The van der Waals surface area contributed by atoms with Crippen molar-refractivity contribution in [3.63, 3.8) is 0 Å². The van der Waals surface area contributed by atoms with Crippen LogP contribution >= 0.6 is 0 Å². The lowest BCUT2D eigenvalue weighted by molar-refractivity contribution is -0.134. The molecule has 8 atom stereocenters. The second-order valence-corrected chi connectivity index (χ2v) is 15.7. The molecule has 4 rings (SSSR count). The molecule has 4 aliphatic rings. The number of carboxylic acids is 1. The zero-order chi connectivity index (χ0) is 33.0. The molecular weight excluding hydrogens is 564 g/mol. The van der Waals surface area contributed by atoms with Crippen LogP contribution in [-0.2, 0) is 14.3 Å². The summed E-state index contributed by atoms with van der Waals surface area (Å²) in [5.74, 6) is 4.29. The summed E-state index contributed by atoms with van der Waals surface area (Å²) in [4.78, 5) is 21.4. The highest BCUT2D eigenvalue weighted by Crippen LogP contribution is 2.67. The van der Waals surface area contributed by atoms with E-state index < -0.39 is 12.1 Å². The maximum atomic E-state index is 12.4. The Morgan fingerprint density at radius 2 is 1.67 bits per heavy atom. The van der Waals surface area contributed by atoms with Crippen LogP contribution in [0.2, 0.25) is 0 Å². The van der Waals surface area contributed by atoms with Gasteiger partial charge in [-0.15, -0.1) is 0 Å². The summed E-state index contributed by atoms with van der Waals surface area (Å²) in [7, 11) is 0. The quantitative estimate of drug-likeness (QED) is 0.0945. The van der Waals surface area contributed by atoms with Gasteiger partial charge in [-0.05, 0) is 124 Å². The molecule has 0 aromatic rings. The molecule has 7 heteroatoms. The molecular formula is C38H68N2O5. The first kappa shape index (κ1) is 37.9. The van der Waals surface area contributed by atoms with E-state index in [2.05, 4.69) is 58.3 Å². The van der Waals surface area contributed by atoms with Gasteiger partial charge in [-0.25, -0.2) is 4.79 Å². The Hall–Kier alpha value is -1.60. The summed E-state index contributed by atoms with van der Waals surface area (Å²) >= 11 is 0. The minimum Gasteiger partial charge on any atom is -0.481 e. The maximum Gasteiger partial charge on any atom is 0.508 e. The number of carboxylic acid groups (broad SMARTS) is 1. The van der Waals surface area contributed by atoms with Gasteiger partial charge < -0.3 is 25.2 Å². The fourth-order valence-electron chi connectivity index (χ4n) is 9.93. The molecule has 4 unspecified atom stereocenters. The van der Waals surface area contributed by atoms with Crippen molar-refractivity contribution >= 4 is 12.1 Å². The first-order valence-electron chi connectivity index (χ1n) is 18.6. The Bertz CT molecular complexity index is 948. The third kappa shape index (κ3) is 10.4. The molecule has 0 spiro atoms. The van der Waals surface area contributed by atoms with E-state index in [9.17, 15) is 4.79 Å². The molecule has 0 bridgehead atoms. The van der Waals surface area contributed by atoms with Gasteiger partial charge in [-0.2, -0.15) is 0 Å². The van der Waals surface area contributed by atoms with E-state index in [-0.39, 0.29) is 11.5 Å². The summed E-state index contributed by atoms with van der Waals surface area (Å²) in [6.07, 6.45) is 18.5. The average molecular weight is 633 g/mol. The second-order valence-electron chi connectivity index (χ2n) is 15.7.